The molecule has 0 aliphatic carbocycles. The zero-order valence-corrected chi connectivity index (χ0v) is 15.4. The minimum absolute atomic E-state index is 0.0500. The number of phenolic OH excluding ortho intramolecular Hbond substituents is 1. The summed E-state index contributed by atoms with van der Waals surface area (Å²) in [6, 6.07) is 9.17. The molecule has 3 heterocycles. The number of fused-ring (bicyclic) bond motifs is 1. The summed E-state index contributed by atoms with van der Waals surface area (Å²) < 4.78 is 0. The highest BCUT2D eigenvalue weighted by Gasteiger charge is 2.22. The van der Waals surface area contributed by atoms with Gasteiger partial charge in [-0.15, -0.1) is 4.91 Å². The van der Waals surface area contributed by atoms with E-state index in [0.29, 0.717) is 33.4 Å². The molecule has 9 nitrogen and oxygen atoms in total. The number of hydrogen-bond acceptors (Lipinski definition) is 7. The van der Waals surface area contributed by atoms with Crippen molar-refractivity contribution in [2.24, 2.45) is 5.18 Å². The average molecular weight is 402 g/mol. The fourth-order valence-corrected chi connectivity index (χ4v) is 3.26. The fourth-order valence-electron chi connectivity index (χ4n) is 3.26. The number of aromatic hydroxyl groups is 1. The molecule has 0 saturated heterocycles. The second-order valence-corrected chi connectivity index (χ2v) is 6.48. The highest BCUT2D eigenvalue weighted by Crippen LogP contribution is 2.37. The van der Waals surface area contributed by atoms with Gasteiger partial charge in [0.05, 0.1) is 11.3 Å². The van der Waals surface area contributed by atoms with Crippen LogP contribution in [0.2, 0.25) is 0 Å². The van der Waals surface area contributed by atoms with E-state index in [0.717, 1.165) is 0 Å². The third-order valence-electron chi connectivity index (χ3n) is 4.62. The predicted octanol–water partition coefficient (Wildman–Crippen LogP) is 3.31. The molecule has 148 valence electrons. The molecule has 0 unspecified atom stereocenters. The molecule has 0 atom stereocenters. The molecule has 0 spiro atoms. The van der Waals surface area contributed by atoms with Crippen LogP contribution in [0.15, 0.2) is 58.6 Å². The molecule has 5 rings (SSSR count). The van der Waals surface area contributed by atoms with E-state index in [-0.39, 0.29) is 35.1 Å². The molecule has 2 aliphatic heterocycles. The quantitative estimate of drug-likeness (QED) is 0.422. The van der Waals surface area contributed by atoms with Gasteiger partial charge in [0, 0.05) is 29.0 Å². The number of carbonyl (C=O) groups is 2. The number of hydrogen-bond donors (Lipinski definition) is 3. The van der Waals surface area contributed by atoms with Crippen LogP contribution in [0.25, 0.3) is 16.8 Å². The summed E-state index contributed by atoms with van der Waals surface area (Å²) in [4.78, 5) is 49.0. The lowest BCUT2D eigenvalue weighted by Gasteiger charge is -2.07. The molecule has 0 saturated carbocycles. The Balaban J connectivity index is 0.000000145. The molecule has 3 aromatic rings. The van der Waals surface area contributed by atoms with Crippen molar-refractivity contribution < 1.29 is 14.7 Å². The van der Waals surface area contributed by atoms with Crippen LogP contribution < -0.4 is 16.1 Å². The second kappa shape index (κ2) is 7.55. The van der Waals surface area contributed by atoms with Gasteiger partial charge in [-0.3, -0.25) is 14.4 Å². The van der Waals surface area contributed by atoms with E-state index in [1.165, 1.54) is 24.4 Å². The summed E-state index contributed by atoms with van der Waals surface area (Å²) in [7, 11) is 0. The van der Waals surface area contributed by atoms with Crippen LogP contribution in [0.1, 0.15) is 22.3 Å². The predicted molar refractivity (Wildman–Crippen MR) is 112 cm³/mol. The van der Waals surface area contributed by atoms with Crippen molar-refractivity contribution in [1.82, 2.24) is 4.98 Å². The molecule has 2 aliphatic rings. The van der Waals surface area contributed by atoms with Crippen molar-refractivity contribution in [2.75, 3.05) is 10.6 Å². The van der Waals surface area contributed by atoms with Crippen LogP contribution in [0.4, 0.5) is 17.2 Å². The summed E-state index contributed by atoms with van der Waals surface area (Å²) in [6.07, 6.45) is 4.99. The van der Waals surface area contributed by atoms with Crippen molar-refractivity contribution in [3.05, 3.63) is 74.9 Å². The summed E-state index contributed by atoms with van der Waals surface area (Å²) >= 11 is 0. The lowest BCUT2D eigenvalue weighted by molar-refractivity contribution is -0.115. The number of anilines is 2. The molecule has 0 radical (unpaired) electrons. The maximum absolute atomic E-state index is 11.7. The van der Waals surface area contributed by atoms with E-state index < -0.39 is 0 Å². The number of nitrogens with zero attached hydrogens (tertiary/aromatic N) is 2. The first-order chi connectivity index (χ1) is 14.5. The van der Waals surface area contributed by atoms with E-state index >= 15 is 0 Å². The van der Waals surface area contributed by atoms with E-state index in [1.54, 1.807) is 30.4 Å². The number of rotatable bonds is 1. The van der Waals surface area contributed by atoms with Gasteiger partial charge in [-0.25, -0.2) is 4.98 Å². The van der Waals surface area contributed by atoms with Gasteiger partial charge in [-0.05, 0) is 35.5 Å². The van der Waals surface area contributed by atoms with Crippen LogP contribution in [0.3, 0.4) is 0 Å². The molecule has 1 aromatic heterocycles. The van der Waals surface area contributed by atoms with Gasteiger partial charge in [-0.1, -0.05) is 18.2 Å². The van der Waals surface area contributed by atoms with Crippen LogP contribution in [0, 0.1) is 4.91 Å². The number of carbonyl (C=O) groups excluding carboxylic acids is 2. The first-order valence-corrected chi connectivity index (χ1v) is 8.88. The number of amides is 2. The van der Waals surface area contributed by atoms with Crippen LogP contribution in [-0.2, 0) is 4.79 Å². The second-order valence-electron chi connectivity index (χ2n) is 6.48. The minimum atomic E-state index is -0.204. The Morgan fingerprint density at radius 2 is 1.87 bits per heavy atom. The van der Waals surface area contributed by atoms with Crippen LogP contribution in [0.5, 0.6) is 5.75 Å². The average Bonchev–Trinajstić information content (AvgIpc) is 2.84. The Bertz CT molecular complexity index is 1320. The van der Waals surface area contributed by atoms with E-state index in [4.69, 9.17) is 0 Å². The molecule has 0 fully saturated rings. The van der Waals surface area contributed by atoms with Gasteiger partial charge in [-0.2, -0.15) is 0 Å². The first-order valence-electron chi connectivity index (χ1n) is 8.88. The Labute approximate surface area is 169 Å². The van der Waals surface area contributed by atoms with Crippen LogP contribution >= 0.6 is 0 Å². The van der Waals surface area contributed by atoms with Gasteiger partial charge in [0.15, 0.2) is 11.1 Å². The summed E-state index contributed by atoms with van der Waals surface area (Å²) in [6.45, 7) is 0. The topological polar surface area (TPSA) is 138 Å². The Morgan fingerprint density at radius 1 is 1.03 bits per heavy atom. The molecule has 3 N–H and O–H groups in total. The highest BCUT2D eigenvalue weighted by molar-refractivity contribution is 6.22. The summed E-state index contributed by atoms with van der Waals surface area (Å²) in [5, 5.41) is 18.5. The molecular formula is C21H14N4O5. The van der Waals surface area contributed by atoms with Gasteiger partial charge in [0.25, 0.3) is 5.91 Å². The maximum Gasteiger partial charge on any atom is 0.257 e. The number of phenols is 1. The van der Waals surface area contributed by atoms with Gasteiger partial charge in [0.2, 0.25) is 5.91 Å². The lowest BCUT2D eigenvalue weighted by Crippen LogP contribution is -2.09. The lowest BCUT2D eigenvalue weighted by atomic mass is 10.1. The normalized spacial score (nSPS) is 13.5. The highest BCUT2D eigenvalue weighted by atomic mass is 16.3. The molecule has 30 heavy (non-hydrogen) atoms. The number of nitrogens with one attached hydrogen (secondary N) is 2. The molecular weight excluding hydrogens is 388 g/mol. The summed E-state index contributed by atoms with van der Waals surface area (Å²) in [5.41, 5.74) is 1.29. The Morgan fingerprint density at radius 3 is 2.67 bits per heavy atom. The largest absolute Gasteiger partial charge is 0.506 e. The van der Waals surface area contributed by atoms with Crippen molar-refractivity contribution in [3.63, 3.8) is 0 Å². The summed E-state index contributed by atoms with van der Waals surface area (Å²) in [5.74, 6) is -0.0813. The zero-order chi connectivity index (χ0) is 21.3. The fraction of sp³-hybridized carbons (Fsp3) is 0.0476. The molecule has 9 heteroatoms. The number of benzene rings is 1. The number of pyridine rings is 1. The third-order valence-corrected chi connectivity index (χ3v) is 4.62. The van der Waals surface area contributed by atoms with E-state index in [2.05, 4.69) is 20.8 Å². The van der Waals surface area contributed by atoms with Gasteiger partial charge < -0.3 is 15.7 Å². The van der Waals surface area contributed by atoms with Gasteiger partial charge >= 0.3 is 0 Å². The maximum atomic E-state index is 11.7. The van der Waals surface area contributed by atoms with Crippen molar-refractivity contribution in [3.8, 4) is 5.75 Å². The first kappa shape index (κ1) is 18.9. The SMILES string of the molecule is O=C1Nc2nccc3c(=O)cccc1c23.O=Nc1c(O)ccc2c1C=CCC(=O)N2. The standard InChI is InChI=1S/C11H6N2O2.C10H8N2O3/c14-8-3-1-2-7-9-6(8)4-5-12-10(9)13-11(7)15;13-8-5-4-7-6(10(8)12-15)2-1-3-9(14)11-7/h1-5H,(H,12,13,15);1-2,4-5,13H,3H2,(H,11,14). The van der Waals surface area contributed by atoms with E-state index in [9.17, 15) is 24.4 Å². The van der Waals surface area contributed by atoms with Crippen molar-refractivity contribution in [2.45, 2.75) is 6.42 Å². The Kier molecular flexibility index (Phi) is 4.77. The monoisotopic (exact) mass is 402 g/mol. The van der Waals surface area contributed by atoms with E-state index in [1.807, 2.05) is 0 Å². The number of aromatic nitrogens is 1. The van der Waals surface area contributed by atoms with Crippen molar-refractivity contribution in [1.29, 1.82) is 0 Å². The molecule has 0 bridgehead atoms. The minimum Gasteiger partial charge on any atom is -0.506 e. The molecule has 2 aromatic carbocycles. The third kappa shape index (κ3) is 3.28. The number of nitroso groups, excluding NO2 is 1. The zero-order valence-electron chi connectivity index (χ0n) is 15.4. The van der Waals surface area contributed by atoms with Crippen molar-refractivity contribution >= 4 is 45.9 Å². The molecule has 2 amide bonds. The van der Waals surface area contributed by atoms with Gasteiger partial charge in [0.1, 0.15) is 11.6 Å². The van der Waals surface area contributed by atoms with Crippen LogP contribution in [-0.4, -0.2) is 21.9 Å². The smallest absolute Gasteiger partial charge is 0.257 e. The Hall–Kier alpha value is -4.40.